The third-order valence-corrected chi connectivity index (χ3v) is 4.03. The number of urea groups is 1. The van der Waals surface area contributed by atoms with Crippen molar-refractivity contribution in [2.45, 2.75) is 0 Å². The molecule has 0 bridgehead atoms. The Labute approximate surface area is 175 Å². The quantitative estimate of drug-likeness (QED) is 0.432. The molecule has 4 N–H and O–H groups in total. The van der Waals surface area contributed by atoms with Gasteiger partial charge in [-0.3, -0.25) is 9.59 Å². The molecule has 8 nitrogen and oxygen atoms in total. The highest BCUT2D eigenvalue weighted by atomic mass is 19.1. The smallest absolute Gasteiger partial charge is 0.323 e. The van der Waals surface area contributed by atoms with Crippen LogP contribution < -0.4 is 21.3 Å². The van der Waals surface area contributed by atoms with Crippen molar-refractivity contribution in [3.8, 4) is 0 Å². The second-order valence-electron chi connectivity index (χ2n) is 6.27. The zero-order chi connectivity index (χ0) is 22.2. The summed E-state index contributed by atoms with van der Waals surface area (Å²) in [5, 5.41) is 9.99. The van der Waals surface area contributed by atoms with Crippen LogP contribution in [0.3, 0.4) is 0 Å². The second-order valence-corrected chi connectivity index (χ2v) is 6.27. The molecule has 3 rings (SSSR count). The Hall–Kier alpha value is -4.21. The molecule has 0 spiro atoms. The van der Waals surface area contributed by atoms with Crippen LogP contribution in [0.4, 0.5) is 25.0 Å². The normalized spacial score (nSPS) is 10.3. The van der Waals surface area contributed by atoms with Crippen molar-refractivity contribution in [1.82, 2.24) is 10.6 Å². The molecule has 160 valence electrons. The zero-order valence-corrected chi connectivity index (χ0v) is 16.1. The van der Waals surface area contributed by atoms with Crippen molar-refractivity contribution in [3.63, 3.8) is 0 Å². The van der Waals surface area contributed by atoms with Gasteiger partial charge in [-0.1, -0.05) is 0 Å². The molecule has 31 heavy (non-hydrogen) atoms. The summed E-state index contributed by atoms with van der Waals surface area (Å²) >= 11 is 0. The lowest BCUT2D eigenvalue weighted by molar-refractivity contribution is 0.0910. The third kappa shape index (κ3) is 6.13. The van der Waals surface area contributed by atoms with Gasteiger partial charge in [0.05, 0.1) is 12.0 Å². The standard InChI is InChI=1S/C21H18F2N4O4/c22-14-5-8-17(16(23)12-14)27-21(30)26-15-6-3-13(4-7-15)19(28)24-9-10-25-20(29)18-2-1-11-31-18/h1-8,11-12H,9-10H2,(H,24,28)(H,25,29)(H2,26,27,30). The molecule has 4 amide bonds. The van der Waals surface area contributed by atoms with Crippen LogP contribution in [0, 0.1) is 11.6 Å². The average molecular weight is 428 g/mol. The number of halogens is 2. The average Bonchev–Trinajstić information content (AvgIpc) is 3.28. The van der Waals surface area contributed by atoms with Crippen LogP contribution in [-0.4, -0.2) is 30.9 Å². The lowest BCUT2D eigenvalue weighted by Crippen LogP contribution is -2.34. The number of hydrogen-bond donors (Lipinski definition) is 4. The van der Waals surface area contributed by atoms with Gasteiger partial charge in [0.15, 0.2) is 5.76 Å². The molecule has 0 saturated carbocycles. The molecule has 0 aliphatic rings. The SMILES string of the molecule is O=C(Nc1ccc(C(=O)NCCNC(=O)c2ccco2)cc1)Nc1ccc(F)cc1F. The number of rotatable bonds is 7. The monoisotopic (exact) mass is 428 g/mol. The summed E-state index contributed by atoms with van der Waals surface area (Å²) in [6, 6.07) is 11.2. The Balaban J connectivity index is 1.44. The molecule has 0 atom stereocenters. The van der Waals surface area contributed by atoms with Crippen LogP contribution in [0.1, 0.15) is 20.9 Å². The Morgan fingerprint density at radius 1 is 0.839 bits per heavy atom. The number of benzene rings is 2. The zero-order valence-electron chi connectivity index (χ0n) is 16.1. The molecule has 0 fully saturated rings. The van der Waals surface area contributed by atoms with Gasteiger partial charge in [-0.2, -0.15) is 0 Å². The van der Waals surface area contributed by atoms with Crippen molar-refractivity contribution in [2.24, 2.45) is 0 Å². The fourth-order valence-corrected chi connectivity index (χ4v) is 2.53. The van der Waals surface area contributed by atoms with E-state index in [1.165, 1.54) is 36.6 Å². The molecule has 10 heteroatoms. The number of carbonyl (C=O) groups is 3. The predicted molar refractivity (Wildman–Crippen MR) is 109 cm³/mol. The third-order valence-electron chi connectivity index (χ3n) is 4.03. The largest absolute Gasteiger partial charge is 0.459 e. The minimum Gasteiger partial charge on any atom is -0.459 e. The number of anilines is 2. The van der Waals surface area contributed by atoms with Crippen molar-refractivity contribution >= 4 is 29.2 Å². The lowest BCUT2D eigenvalue weighted by atomic mass is 10.2. The van der Waals surface area contributed by atoms with Crippen molar-refractivity contribution < 1.29 is 27.6 Å². The van der Waals surface area contributed by atoms with E-state index in [4.69, 9.17) is 4.42 Å². The first-order chi connectivity index (χ1) is 14.9. The summed E-state index contributed by atoms with van der Waals surface area (Å²) in [6.07, 6.45) is 1.39. The maximum Gasteiger partial charge on any atom is 0.323 e. The first kappa shape index (κ1) is 21.5. The Bertz CT molecular complexity index is 1070. The summed E-state index contributed by atoms with van der Waals surface area (Å²) in [5.74, 6) is -2.22. The van der Waals surface area contributed by atoms with Crippen LogP contribution >= 0.6 is 0 Å². The van der Waals surface area contributed by atoms with Crippen LogP contribution in [-0.2, 0) is 0 Å². The minimum absolute atomic E-state index is 0.172. The number of furan rings is 1. The van der Waals surface area contributed by atoms with Crippen LogP contribution in [0.25, 0.3) is 0 Å². The van der Waals surface area contributed by atoms with Gasteiger partial charge in [0.1, 0.15) is 11.6 Å². The molecule has 3 aromatic rings. The van der Waals surface area contributed by atoms with Crippen molar-refractivity contribution in [3.05, 3.63) is 83.8 Å². The fourth-order valence-electron chi connectivity index (χ4n) is 2.53. The van der Waals surface area contributed by atoms with E-state index in [2.05, 4.69) is 21.3 Å². The molecule has 1 aromatic heterocycles. The Kier molecular flexibility index (Phi) is 6.94. The van der Waals surface area contributed by atoms with Gasteiger partial charge in [-0.25, -0.2) is 13.6 Å². The van der Waals surface area contributed by atoms with Gasteiger partial charge < -0.3 is 25.7 Å². The minimum atomic E-state index is -0.900. The Morgan fingerprint density at radius 2 is 1.55 bits per heavy atom. The number of hydrogen-bond acceptors (Lipinski definition) is 4. The Morgan fingerprint density at radius 3 is 2.19 bits per heavy atom. The number of nitrogens with one attached hydrogen (secondary N) is 4. The molecule has 0 aliphatic heterocycles. The van der Waals surface area contributed by atoms with Crippen molar-refractivity contribution in [1.29, 1.82) is 0 Å². The van der Waals surface area contributed by atoms with Gasteiger partial charge in [0.2, 0.25) is 0 Å². The summed E-state index contributed by atoms with van der Waals surface area (Å²) in [7, 11) is 0. The van der Waals surface area contributed by atoms with Crippen LogP contribution in [0.5, 0.6) is 0 Å². The molecular formula is C21H18F2N4O4. The summed E-state index contributed by atoms with van der Waals surface area (Å²) < 4.78 is 31.4. The second kappa shape index (κ2) is 10.0. The van der Waals surface area contributed by atoms with Gasteiger partial charge in [-0.05, 0) is 48.5 Å². The highest BCUT2D eigenvalue weighted by Gasteiger charge is 2.10. The number of amides is 4. The first-order valence-electron chi connectivity index (χ1n) is 9.15. The summed E-state index contributed by atoms with van der Waals surface area (Å²) in [5.41, 5.74) is 0.532. The highest BCUT2D eigenvalue weighted by Crippen LogP contribution is 2.16. The van der Waals surface area contributed by atoms with Gasteiger partial charge in [0.25, 0.3) is 11.8 Å². The molecule has 1 heterocycles. The molecular weight excluding hydrogens is 410 g/mol. The number of carbonyl (C=O) groups excluding carboxylic acids is 3. The van der Waals surface area contributed by atoms with Crippen LogP contribution in [0.2, 0.25) is 0 Å². The van der Waals surface area contributed by atoms with E-state index in [1.807, 2.05) is 0 Å². The molecule has 0 radical (unpaired) electrons. The lowest BCUT2D eigenvalue weighted by Gasteiger charge is -2.10. The molecule has 0 aliphatic carbocycles. The summed E-state index contributed by atoms with van der Waals surface area (Å²) in [6.45, 7) is 0.419. The predicted octanol–water partition coefficient (Wildman–Crippen LogP) is 3.36. The maximum absolute atomic E-state index is 13.6. The van der Waals surface area contributed by atoms with Crippen molar-refractivity contribution in [2.75, 3.05) is 23.7 Å². The molecule has 0 saturated heterocycles. The van der Waals surface area contributed by atoms with Gasteiger partial charge in [0, 0.05) is 30.4 Å². The van der Waals surface area contributed by atoms with E-state index < -0.39 is 17.7 Å². The van der Waals surface area contributed by atoms with E-state index in [0.717, 1.165) is 12.1 Å². The first-order valence-corrected chi connectivity index (χ1v) is 9.15. The van der Waals surface area contributed by atoms with Gasteiger partial charge in [-0.15, -0.1) is 0 Å². The summed E-state index contributed by atoms with van der Waals surface area (Å²) in [4.78, 5) is 35.8. The molecule has 2 aromatic carbocycles. The molecule has 0 unspecified atom stereocenters. The fraction of sp³-hybridized carbons (Fsp3) is 0.0952. The van der Waals surface area contributed by atoms with E-state index in [9.17, 15) is 23.2 Å². The van der Waals surface area contributed by atoms with E-state index in [-0.39, 0.29) is 36.4 Å². The van der Waals surface area contributed by atoms with E-state index >= 15 is 0 Å². The topological polar surface area (TPSA) is 112 Å². The van der Waals surface area contributed by atoms with E-state index in [1.54, 1.807) is 6.07 Å². The van der Waals surface area contributed by atoms with Gasteiger partial charge >= 0.3 is 6.03 Å². The maximum atomic E-state index is 13.6. The van der Waals surface area contributed by atoms with Crippen LogP contribution in [0.15, 0.2) is 65.3 Å². The van der Waals surface area contributed by atoms with E-state index in [0.29, 0.717) is 17.3 Å². The highest BCUT2D eigenvalue weighted by molar-refractivity contribution is 6.00.